The Hall–Kier alpha value is -3.58. The molecule has 4 rings (SSSR count). The SMILES string of the molecule is CCn1ncc(Cn2cc(NC(=O)c3cccc(COc4ccc(Cl)cc4C)c3)cn2)c1C. The van der Waals surface area contributed by atoms with Crippen molar-refractivity contribution in [3.05, 3.63) is 94.0 Å². The first kappa shape index (κ1) is 22.6. The quantitative estimate of drug-likeness (QED) is 0.387. The summed E-state index contributed by atoms with van der Waals surface area (Å²) in [5.41, 5.74) is 5.27. The summed E-state index contributed by atoms with van der Waals surface area (Å²) in [6.45, 7) is 7.83. The van der Waals surface area contributed by atoms with Gasteiger partial charge in [0, 0.05) is 34.6 Å². The van der Waals surface area contributed by atoms with Crippen molar-refractivity contribution < 1.29 is 9.53 Å². The van der Waals surface area contributed by atoms with Gasteiger partial charge in [0.15, 0.2) is 0 Å². The molecule has 7 nitrogen and oxygen atoms in total. The number of aromatic nitrogens is 4. The number of hydrogen-bond acceptors (Lipinski definition) is 4. The Morgan fingerprint density at radius 1 is 1.12 bits per heavy atom. The van der Waals surface area contributed by atoms with Crippen LogP contribution in [0.4, 0.5) is 5.69 Å². The topological polar surface area (TPSA) is 74.0 Å². The summed E-state index contributed by atoms with van der Waals surface area (Å²) >= 11 is 6.00. The highest BCUT2D eigenvalue weighted by Crippen LogP contribution is 2.23. The number of nitrogens with one attached hydrogen (secondary N) is 1. The van der Waals surface area contributed by atoms with Crippen molar-refractivity contribution >= 4 is 23.2 Å². The predicted octanol–water partition coefficient (Wildman–Crippen LogP) is 5.25. The molecule has 4 aromatic rings. The molecule has 1 N–H and O–H groups in total. The van der Waals surface area contributed by atoms with Gasteiger partial charge in [-0.3, -0.25) is 14.2 Å². The lowest BCUT2D eigenvalue weighted by Gasteiger charge is -2.10. The number of benzene rings is 2. The minimum atomic E-state index is -0.200. The van der Waals surface area contributed by atoms with E-state index in [0.29, 0.717) is 29.4 Å². The first-order chi connectivity index (χ1) is 15.9. The van der Waals surface area contributed by atoms with E-state index in [-0.39, 0.29) is 5.91 Å². The Balaban J connectivity index is 1.38. The summed E-state index contributed by atoms with van der Waals surface area (Å²) in [6, 6.07) is 12.9. The number of rotatable bonds is 8. The third-order valence-corrected chi connectivity index (χ3v) is 5.68. The lowest BCUT2D eigenvalue weighted by Crippen LogP contribution is -2.12. The molecule has 0 aliphatic rings. The highest BCUT2D eigenvalue weighted by molar-refractivity contribution is 6.30. The second-order valence-corrected chi connectivity index (χ2v) is 8.29. The molecule has 0 saturated heterocycles. The molecule has 0 unspecified atom stereocenters. The van der Waals surface area contributed by atoms with E-state index in [0.717, 1.165) is 34.7 Å². The van der Waals surface area contributed by atoms with E-state index in [1.54, 1.807) is 23.0 Å². The molecule has 8 heteroatoms. The zero-order valence-corrected chi connectivity index (χ0v) is 19.6. The van der Waals surface area contributed by atoms with E-state index < -0.39 is 0 Å². The predicted molar refractivity (Wildman–Crippen MR) is 129 cm³/mol. The maximum Gasteiger partial charge on any atom is 0.255 e. The molecular weight excluding hydrogens is 438 g/mol. The van der Waals surface area contributed by atoms with Gasteiger partial charge in [0.1, 0.15) is 12.4 Å². The molecule has 2 aromatic carbocycles. The standard InChI is InChI=1S/C25H26ClN5O2/c1-4-31-18(3)21(12-28-31)14-30-15-23(13-27-30)29-25(32)20-7-5-6-19(11-20)16-33-24-9-8-22(26)10-17(24)2/h5-13,15H,4,14,16H2,1-3H3,(H,29,32). The second-order valence-electron chi connectivity index (χ2n) is 7.85. The third-order valence-electron chi connectivity index (χ3n) is 5.45. The summed E-state index contributed by atoms with van der Waals surface area (Å²) < 4.78 is 9.64. The fraction of sp³-hybridized carbons (Fsp3) is 0.240. The highest BCUT2D eigenvalue weighted by atomic mass is 35.5. The number of aryl methyl sites for hydroxylation is 2. The van der Waals surface area contributed by atoms with Gasteiger partial charge in [-0.15, -0.1) is 0 Å². The Morgan fingerprint density at radius 2 is 1.97 bits per heavy atom. The van der Waals surface area contributed by atoms with Gasteiger partial charge in [0.25, 0.3) is 5.91 Å². The number of anilines is 1. The molecule has 0 fully saturated rings. The van der Waals surface area contributed by atoms with E-state index in [1.165, 1.54) is 0 Å². The summed E-state index contributed by atoms with van der Waals surface area (Å²) in [4.78, 5) is 12.8. The second kappa shape index (κ2) is 9.92. The molecule has 0 bridgehead atoms. The van der Waals surface area contributed by atoms with Crippen LogP contribution in [0, 0.1) is 13.8 Å². The van der Waals surface area contributed by atoms with Crippen LogP contribution in [0.1, 0.15) is 39.7 Å². The normalized spacial score (nSPS) is 10.9. The van der Waals surface area contributed by atoms with Crippen LogP contribution in [0.3, 0.4) is 0 Å². The molecular formula is C25H26ClN5O2. The Kier molecular flexibility index (Phi) is 6.79. The fourth-order valence-corrected chi connectivity index (χ4v) is 3.82. The lowest BCUT2D eigenvalue weighted by molar-refractivity contribution is 0.102. The molecule has 2 heterocycles. The van der Waals surface area contributed by atoms with Crippen LogP contribution < -0.4 is 10.1 Å². The summed E-state index contributed by atoms with van der Waals surface area (Å²) in [5.74, 6) is 0.565. The van der Waals surface area contributed by atoms with Crippen molar-refractivity contribution in [3.63, 3.8) is 0 Å². The minimum Gasteiger partial charge on any atom is -0.489 e. The first-order valence-electron chi connectivity index (χ1n) is 10.8. The van der Waals surface area contributed by atoms with Crippen molar-refractivity contribution in [3.8, 4) is 5.75 Å². The maximum absolute atomic E-state index is 12.8. The smallest absolute Gasteiger partial charge is 0.255 e. The van der Waals surface area contributed by atoms with Crippen LogP contribution in [-0.2, 0) is 19.7 Å². The number of carbonyl (C=O) groups is 1. The van der Waals surface area contributed by atoms with Crippen LogP contribution in [0.15, 0.2) is 61.1 Å². The zero-order valence-electron chi connectivity index (χ0n) is 18.9. The molecule has 0 radical (unpaired) electrons. The van der Waals surface area contributed by atoms with Gasteiger partial charge >= 0.3 is 0 Å². The monoisotopic (exact) mass is 463 g/mol. The minimum absolute atomic E-state index is 0.200. The van der Waals surface area contributed by atoms with Gasteiger partial charge in [-0.1, -0.05) is 23.7 Å². The average molecular weight is 464 g/mol. The van der Waals surface area contributed by atoms with Crippen molar-refractivity contribution in [2.75, 3.05) is 5.32 Å². The summed E-state index contributed by atoms with van der Waals surface area (Å²) in [6.07, 6.45) is 5.32. The van der Waals surface area contributed by atoms with Gasteiger partial charge in [-0.05, 0) is 62.2 Å². The van der Waals surface area contributed by atoms with Crippen molar-refractivity contribution in [1.29, 1.82) is 0 Å². The lowest BCUT2D eigenvalue weighted by atomic mass is 10.1. The molecule has 0 aliphatic carbocycles. The third kappa shape index (κ3) is 5.43. The first-order valence-corrected chi connectivity index (χ1v) is 11.1. The van der Waals surface area contributed by atoms with Crippen LogP contribution in [0.5, 0.6) is 5.75 Å². The van der Waals surface area contributed by atoms with E-state index in [4.69, 9.17) is 16.3 Å². The van der Waals surface area contributed by atoms with E-state index in [2.05, 4.69) is 22.4 Å². The number of hydrogen-bond donors (Lipinski definition) is 1. The Labute approximate surface area is 197 Å². The number of amides is 1. The zero-order chi connectivity index (χ0) is 23.4. The van der Waals surface area contributed by atoms with E-state index >= 15 is 0 Å². The molecule has 0 saturated carbocycles. The number of halogens is 1. The van der Waals surface area contributed by atoms with Crippen molar-refractivity contribution in [2.45, 2.75) is 40.5 Å². The van der Waals surface area contributed by atoms with Gasteiger partial charge in [-0.2, -0.15) is 10.2 Å². The van der Waals surface area contributed by atoms with Crippen molar-refractivity contribution in [2.24, 2.45) is 0 Å². The Bertz CT molecular complexity index is 1280. The number of carbonyl (C=O) groups excluding carboxylic acids is 1. The highest BCUT2D eigenvalue weighted by Gasteiger charge is 2.11. The number of ether oxygens (including phenoxy) is 1. The fourth-order valence-electron chi connectivity index (χ4n) is 3.59. The maximum atomic E-state index is 12.8. The van der Waals surface area contributed by atoms with Gasteiger partial charge in [0.2, 0.25) is 0 Å². The summed E-state index contributed by atoms with van der Waals surface area (Å²) in [7, 11) is 0. The van der Waals surface area contributed by atoms with Crippen molar-refractivity contribution in [1.82, 2.24) is 19.6 Å². The molecule has 0 atom stereocenters. The molecule has 0 spiro atoms. The molecule has 33 heavy (non-hydrogen) atoms. The van der Waals surface area contributed by atoms with Crippen LogP contribution in [0.2, 0.25) is 5.02 Å². The van der Waals surface area contributed by atoms with Gasteiger partial charge in [0.05, 0.1) is 24.6 Å². The van der Waals surface area contributed by atoms with E-state index in [1.807, 2.05) is 61.3 Å². The molecule has 2 aromatic heterocycles. The van der Waals surface area contributed by atoms with Gasteiger partial charge < -0.3 is 10.1 Å². The van der Waals surface area contributed by atoms with Gasteiger partial charge in [-0.25, -0.2) is 0 Å². The molecule has 1 amide bonds. The van der Waals surface area contributed by atoms with Crippen LogP contribution in [-0.4, -0.2) is 25.5 Å². The molecule has 170 valence electrons. The Morgan fingerprint density at radius 3 is 2.73 bits per heavy atom. The number of nitrogens with zero attached hydrogens (tertiary/aromatic N) is 4. The summed E-state index contributed by atoms with van der Waals surface area (Å²) in [5, 5.41) is 12.3. The molecule has 0 aliphatic heterocycles. The van der Waals surface area contributed by atoms with Crippen LogP contribution in [0.25, 0.3) is 0 Å². The average Bonchev–Trinajstić information content (AvgIpc) is 3.39. The largest absolute Gasteiger partial charge is 0.489 e. The van der Waals surface area contributed by atoms with Crippen LogP contribution >= 0.6 is 11.6 Å². The van der Waals surface area contributed by atoms with E-state index in [9.17, 15) is 4.79 Å².